The van der Waals surface area contributed by atoms with E-state index in [1.807, 2.05) is 38.1 Å². The minimum Gasteiger partial charge on any atom is -0.346 e. The van der Waals surface area contributed by atoms with E-state index in [1.54, 1.807) is 0 Å². The second-order valence-electron chi connectivity index (χ2n) is 5.82. The molecule has 0 atom stereocenters. The molecule has 0 saturated heterocycles. The Morgan fingerprint density at radius 1 is 1.20 bits per heavy atom. The molecule has 3 aromatic rings. The van der Waals surface area contributed by atoms with Crippen molar-refractivity contribution >= 4 is 16.8 Å². The highest BCUT2D eigenvalue weighted by Gasteiger charge is 2.17. The molecular weight excluding hydrogens is 321 g/mol. The molecule has 1 aromatic heterocycles. The number of fused-ring (bicyclic) bond motifs is 1. The van der Waals surface area contributed by atoms with Crippen LogP contribution in [0.15, 0.2) is 47.3 Å². The fraction of sp³-hybridized carbons (Fsp3) is 0.211. The molecule has 0 bridgehead atoms. The predicted octanol–water partition coefficient (Wildman–Crippen LogP) is 2.79. The number of hydrogen-bond acceptors (Lipinski definition) is 3. The highest BCUT2D eigenvalue weighted by molar-refractivity contribution is 5.95. The molecule has 6 heteroatoms. The first kappa shape index (κ1) is 16.8. The molecule has 0 aliphatic carbocycles. The molecule has 3 rings (SSSR count). The van der Waals surface area contributed by atoms with E-state index in [1.165, 1.54) is 16.8 Å². The number of nitrogens with one attached hydrogen (secondary N) is 1. The average Bonchev–Trinajstić information content (AvgIpc) is 2.61. The molecule has 0 aliphatic heterocycles. The Kier molecular flexibility index (Phi) is 4.61. The van der Waals surface area contributed by atoms with Gasteiger partial charge in [0.1, 0.15) is 5.82 Å². The summed E-state index contributed by atoms with van der Waals surface area (Å²) in [4.78, 5) is 25.0. The van der Waals surface area contributed by atoms with Gasteiger partial charge in [0.2, 0.25) is 5.43 Å². The summed E-state index contributed by atoms with van der Waals surface area (Å²) in [5.74, 6) is -1.09. The van der Waals surface area contributed by atoms with Gasteiger partial charge in [0.05, 0.1) is 10.9 Å². The lowest BCUT2D eigenvalue weighted by Crippen LogP contribution is -2.31. The summed E-state index contributed by atoms with van der Waals surface area (Å²) in [5.41, 5.74) is 1.75. The standard InChI is InChI=1S/C19H18FN3O2/c1-3-23-16-9-8-14(20)10-15(16)18(24)17(22-23)19(25)21-11-13-6-4-12(2)5-7-13/h4-10H,3,11H2,1-2H3,(H,21,25). The number of benzene rings is 2. The van der Waals surface area contributed by atoms with E-state index in [0.29, 0.717) is 12.1 Å². The maximum atomic E-state index is 13.5. The smallest absolute Gasteiger partial charge is 0.276 e. The Hall–Kier alpha value is -3.02. The maximum absolute atomic E-state index is 13.5. The normalized spacial score (nSPS) is 10.8. The fourth-order valence-electron chi connectivity index (χ4n) is 2.62. The number of hydrogen-bond donors (Lipinski definition) is 1. The maximum Gasteiger partial charge on any atom is 0.276 e. The number of rotatable bonds is 4. The number of nitrogens with zero attached hydrogens (tertiary/aromatic N) is 2. The highest BCUT2D eigenvalue weighted by Crippen LogP contribution is 2.12. The van der Waals surface area contributed by atoms with E-state index in [9.17, 15) is 14.0 Å². The van der Waals surface area contributed by atoms with Gasteiger partial charge >= 0.3 is 0 Å². The van der Waals surface area contributed by atoms with E-state index in [-0.39, 0.29) is 17.6 Å². The number of aryl methyl sites for hydroxylation is 2. The van der Waals surface area contributed by atoms with Crippen LogP contribution in [-0.2, 0) is 13.1 Å². The predicted molar refractivity (Wildman–Crippen MR) is 94.0 cm³/mol. The molecule has 128 valence electrons. The molecular formula is C19H18FN3O2. The molecule has 0 radical (unpaired) electrons. The molecule has 1 heterocycles. The van der Waals surface area contributed by atoms with Crippen molar-refractivity contribution < 1.29 is 9.18 Å². The zero-order chi connectivity index (χ0) is 18.0. The summed E-state index contributed by atoms with van der Waals surface area (Å²) in [6, 6.07) is 11.6. The van der Waals surface area contributed by atoms with Crippen molar-refractivity contribution in [2.24, 2.45) is 0 Å². The third-order valence-electron chi connectivity index (χ3n) is 4.01. The van der Waals surface area contributed by atoms with Crippen molar-refractivity contribution in [3.63, 3.8) is 0 Å². The van der Waals surface area contributed by atoms with Crippen molar-refractivity contribution in [3.05, 3.63) is 75.3 Å². The summed E-state index contributed by atoms with van der Waals surface area (Å²) in [6.45, 7) is 4.57. The van der Waals surface area contributed by atoms with Crippen LogP contribution in [0.2, 0.25) is 0 Å². The first-order chi connectivity index (χ1) is 12.0. The van der Waals surface area contributed by atoms with E-state index < -0.39 is 17.2 Å². The Bertz CT molecular complexity index is 994. The van der Waals surface area contributed by atoms with Gasteiger partial charge in [-0.2, -0.15) is 5.10 Å². The van der Waals surface area contributed by atoms with E-state index in [2.05, 4.69) is 10.4 Å². The zero-order valence-electron chi connectivity index (χ0n) is 14.0. The molecule has 0 saturated carbocycles. The van der Waals surface area contributed by atoms with Gasteiger partial charge < -0.3 is 5.32 Å². The molecule has 1 N–H and O–H groups in total. The lowest BCUT2D eigenvalue weighted by atomic mass is 10.1. The van der Waals surface area contributed by atoms with Crippen molar-refractivity contribution in [2.75, 3.05) is 0 Å². The van der Waals surface area contributed by atoms with Gasteiger partial charge in [-0.05, 0) is 37.6 Å². The number of halogens is 1. The van der Waals surface area contributed by atoms with Crippen molar-refractivity contribution in [3.8, 4) is 0 Å². The summed E-state index contributed by atoms with van der Waals surface area (Å²) >= 11 is 0. The summed E-state index contributed by atoms with van der Waals surface area (Å²) in [6.07, 6.45) is 0. The number of amides is 1. The summed E-state index contributed by atoms with van der Waals surface area (Å²) in [5, 5.41) is 6.99. The van der Waals surface area contributed by atoms with Crippen LogP contribution < -0.4 is 10.7 Å². The first-order valence-electron chi connectivity index (χ1n) is 8.03. The lowest BCUT2D eigenvalue weighted by molar-refractivity contribution is 0.0942. The second-order valence-corrected chi connectivity index (χ2v) is 5.82. The van der Waals surface area contributed by atoms with Gasteiger partial charge in [-0.15, -0.1) is 0 Å². The van der Waals surface area contributed by atoms with Crippen LogP contribution in [-0.4, -0.2) is 15.7 Å². The highest BCUT2D eigenvalue weighted by atomic mass is 19.1. The van der Waals surface area contributed by atoms with E-state index in [0.717, 1.165) is 17.2 Å². The molecule has 0 spiro atoms. The minimum absolute atomic E-state index is 0.150. The Morgan fingerprint density at radius 3 is 2.60 bits per heavy atom. The van der Waals surface area contributed by atoms with E-state index >= 15 is 0 Å². The Labute approximate surface area is 144 Å². The summed E-state index contributed by atoms with van der Waals surface area (Å²) in [7, 11) is 0. The molecule has 25 heavy (non-hydrogen) atoms. The molecule has 0 aliphatic rings. The van der Waals surface area contributed by atoms with Crippen LogP contribution in [0.3, 0.4) is 0 Å². The SMILES string of the molecule is CCn1nc(C(=O)NCc2ccc(C)cc2)c(=O)c2cc(F)ccc21. The van der Waals surface area contributed by atoms with Crippen LogP contribution >= 0.6 is 0 Å². The molecule has 0 fully saturated rings. The van der Waals surface area contributed by atoms with Crippen molar-refractivity contribution in [2.45, 2.75) is 26.9 Å². The largest absolute Gasteiger partial charge is 0.346 e. The second kappa shape index (κ2) is 6.84. The number of carbonyl (C=O) groups excluding carboxylic acids is 1. The van der Waals surface area contributed by atoms with Crippen LogP contribution in [0, 0.1) is 12.7 Å². The van der Waals surface area contributed by atoms with Crippen LogP contribution in [0.5, 0.6) is 0 Å². The third kappa shape index (κ3) is 3.42. The van der Waals surface area contributed by atoms with Crippen LogP contribution in [0.4, 0.5) is 4.39 Å². The molecule has 0 unspecified atom stereocenters. The van der Waals surface area contributed by atoms with Gasteiger partial charge in [0.25, 0.3) is 5.91 Å². The number of aromatic nitrogens is 2. The average molecular weight is 339 g/mol. The van der Waals surface area contributed by atoms with Gasteiger partial charge in [0, 0.05) is 13.1 Å². The van der Waals surface area contributed by atoms with E-state index in [4.69, 9.17) is 0 Å². The quantitative estimate of drug-likeness (QED) is 0.795. The van der Waals surface area contributed by atoms with Gasteiger partial charge in [-0.25, -0.2) is 4.39 Å². The third-order valence-corrected chi connectivity index (χ3v) is 4.01. The van der Waals surface area contributed by atoms with Crippen molar-refractivity contribution in [1.82, 2.24) is 15.1 Å². The molecule has 5 nitrogen and oxygen atoms in total. The minimum atomic E-state index is -0.570. The Balaban J connectivity index is 1.94. The van der Waals surface area contributed by atoms with Crippen molar-refractivity contribution in [1.29, 1.82) is 0 Å². The van der Waals surface area contributed by atoms with Crippen LogP contribution in [0.25, 0.3) is 10.9 Å². The topological polar surface area (TPSA) is 64.0 Å². The number of carbonyl (C=O) groups is 1. The van der Waals surface area contributed by atoms with Gasteiger partial charge in [-0.1, -0.05) is 29.8 Å². The Morgan fingerprint density at radius 2 is 1.92 bits per heavy atom. The van der Waals surface area contributed by atoms with Gasteiger partial charge in [0.15, 0.2) is 5.69 Å². The first-order valence-corrected chi connectivity index (χ1v) is 8.03. The zero-order valence-corrected chi connectivity index (χ0v) is 14.0. The van der Waals surface area contributed by atoms with Crippen LogP contribution in [0.1, 0.15) is 28.5 Å². The summed E-state index contributed by atoms with van der Waals surface area (Å²) < 4.78 is 15.0. The van der Waals surface area contributed by atoms with Gasteiger partial charge in [-0.3, -0.25) is 14.3 Å². The monoisotopic (exact) mass is 339 g/mol. The molecule has 2 aromatic carbocycles. The fourth-order valence-corrected chi connectivity index (χ4v) is 2.62. The lowest BCUT2D eigenvalue weighted by Gasteiger charge is -2.10. The molecule has 1 amide bonds.